The molecule has 0 spiro atoms. The molecule has 0 aromatic heterocycles. The Balaban J connectivity index is 2.02. The van der Waals surface area contributed by atoms with Gasteiger partial charge in [0.15, 0.2) is 5.84 Å². The van der Waals surface area contributed by atoms with Crippen LogP contribution in [-0.4, -0.2) is 39.5 Å². The number of rotatable bonds is 3. The van der Waals surface area contributed by atoms with Crippen LogP contribution in [0, 0.1) is 6.92 Å². The van der Waals surface area contributed by atoms with Crippen LogP contribution in [-0.2, 0) is 4.57 Å². The zero-order valence-electron chi connectivity index (χ0n) is 11.6. The lowest BCUT2D eigenvalue weighted by Crippen LogP contribution is -2.35. The molecule has 1 aromatic carbocycles. The van der Waals surface area contributed by atoms with Gasteiger partial charge in [0.05, 0.1) is 24.7 Å². The van der Waals surface area contributed by atoms with Gasteiger partial charge in [-0.2, -0.15) is 5.10 Å². The maximum absolute atomic E-state index is 11.1. The first-order valence-corrected chi connectivity index (χ1v) is 7.94. The Morgan fingerprint density at radius 2 is 2.18 bits per heavy atom. The highest BCUT2D eigenvalue weighted by atomic mass is 31.2. The van der Waals surface area contributed by atoms with E-state index in [0.717, 1.165) is 11.3 Å². The molecular formula is C13H13N4O4P. The van der Waals surface area contributed by atoms with E-state index in [-0.39, 0.29) is 5.75 Å². The van der Waals surface area contributed by atoms with Crippen LogP contribution >= 0.6 is 7.82 Å². The second-order valence-electron chi connectivity index (χ2n) is 4.67. The minimum atomic E-state index is -4.61. The van der Waals surface area contributed by atoms with E-state index in [1.807, 2.05) is 11.0 Å². The minimum absolute atomic E-state index is 0.130. The number of fused-ring (bicyclic) bond motifs is 1. The molecule has 0 unspecified atom stereocenters. The fourth-order valence-electron chi connectivity index (χ4n) is 2.26. The van der Waals surface area contributed by atoms with Crippen molar-refractivity contribution in [3.8, 4) is 5.75 Å². The van der Waals surface area contributed by atoms with E-state index in [2.05, 4.69) is 15.2 Å². The summed E-state index contributed by atoms with van der Waals surface area (Å²) in [5.74, 6) is 0.742. The Morgan fingerprint density at radius 1 is 1.36 bits per heavy atom. The SMILES string of the molecule is Cc1c(OP(=O)(O)O)cccc1C1=CN=CC2=NN=CCN12. The molecule has 0 fully saturated rings. The zero-order chi connectivity index (χ0) is 15.7. The molecule has 0 bridgehead atoms. The molecule has 1 aromatic rings. The first-order valence-electron chi connectivity index (χ1n) is 6.41. The Labute approximate surface area is 126 Å². The minimum Gasteiger partial charge on any atom is -0.404 e. The third-order valence-electron chi connectivity index (χ3n) is 3.24. The lowest BCUT2D eigenvalue weighted by molar-refractivity contribution is 0.282. The number of nitrogens with zero attached hydrogens (tertiary/aromatic N) is 4. The number of aliphatic imine (C=N–C) groups is 1. The molecule has 2 heterocycles. The van der Waals surface area contributed by atoms with Crippen LogP contribution in [0.1, 0.15) is 11.1 Å². The summed E-state index contributed by atoms with van der Waals surface area (Å²) in [6, 6.07) is 5.01. The summed E-state index contributed by atoms with van der Waals surface area (Å²) in [6.07, 6.45) is 4.94. The highest BCUT2D eigenvalue weighted by Gasteiger charge is 2.24. The molecule has 114 valence electrons. The van der Waals surface area contributed by atoms with Gasteiger partial charge in [0.2, 0.25) is 0 Å². The van der Waals surface area contributed by atoms with E-state index in [1.165, 1.54) is 6.07 Å². The van der Waals surface area contributed by atoms with E-state index in [9.17, 15) is 4.57 Å². The lowest BCUT2D eigenvalue weighted by Gasteiger charge is -2.29. The molecule has 0 amide bonds. The molecule has 0 saturated carbocycles. The predicted molar refractivity (Wildman–Crippen MR) is 83.0 cm³/mol. The molecule has 9 heteroatoms. The lowest BCUT2D eigenvalue weighted by atomic mass is 10.0. The van der Waals surface area contributed by atoms with Gasteiger partial charge in [-0.15, -0.1) is 5.10 Å². The normalized spacial score (nSPS) is 17.0. The Morgan fingerprint density at radius 3 is 2.95 bits per heavy atom. The van der Waals surface area contributed by atoms with Crippen LogP contribution < -0.4 is 4.52 Å². The standard InChI is InChI=1S/C13H13N4O4P/c1-9-10(3-2-4-12(9)21-22(18,19)20)11-7-14-8-13-16-15-5-6-17(11)13/h2-5,7-8H,6H2,1H3,(H2,18,19,20). The molecular weight excluding hydrogens is 307 g/mol. The average Bonchev–Trinajstić information content (AvgIpc) is 2.48. The molecule has 3 rings (SSSR count). The van der Waals surface area contributed by atoms with Crippen molar-refractivity contribution in [3.63, 3.8) is 0 Å². The second kappa shape index (κ2) is 5.49. The molecule has 8 nitrogen and oxygen atoms in total. The van der Waals surface area contributed by atoms with E-state index in [1.54, 1.807) is 31.6 Å². The largest absolute Gasteiger partial charge is 0.524 e. The third-order valence-corrected chi connectivity index (χ3v) is 3.67. The van der Waals surface area contributed by atoms with E-state index in [4.69, 9.17) is 14.3 Å². The second-order valence-corrected chi connectivity index (χ2v) is 5.83. The van der Waals surface area contributed by atoms with Crippen molar-refractivity contribution in [3.05, 3.63) is 35.5 Å². The Hall–Kier alpha value is -2.28. The van der Waals surface area contributed by atoms with Crippen LogP contribution in [0.15, 0.2) is 39.6 Å². The quantitative estimate of drug-likeness (QED) is 0.822. The highest BCUT2D eigenvalue weighted by Crippen LogP contribution is 2.41. The van der Waals surface area contributed by atoms with Crippen molar-refractivity contribution in [1.82, 2.24) is 4.90 Å². The van der Waals surface area contributed by atoms with Crippen LogP contribution in [0.4, 0.5) is 0 Å². The van der Waals surface area contributed by atoms with Crippen molar-refractivity contribution in [2.75, 3.05) is 6.54 Å². The van der Waals surface area contributed by atoms with Gasteiger partial charge in [-0.1, -0.05) is 12.1 Å². The number of hydrogen-bond donors (Lipinski definition) is 2. The molecule has 0 saturated heterocycles. The maximum atomic E-state index is 11.1. The van der Waals surface area contributed by atoms with Crippen molar-refractivity contribution < 1.29 is 18.9 Å². The number of benzene rings is 1. The molecule has 2 aliphatic rings. The predicted octanol–water partition coefficient (Wildman–Crippen LogP) is 1.55. The monoisotopic (exact) mass is 320 g/mol. The summed E-state index contributed by atoms with van der Waals surface area (Å²) in [4.78, 5) is 24.0. The average molecular weight is 320 g/mol. The number of amidine groups is 1. The van der Waals surface area contributed by atoms with Crippen molar-refractivity contribution in [1.29, 1.82) is 0 Å². The van der Waals surface area contributed by atoms with Gasteiger partial charge in [0, 0.05) is 17.3 Å². The van der Waals surface area contributed by atoms with E-state index >= 15 is 0 Å². The molecule has 2 N–H and O–H groups in total. The molecule has 0 radical (unpaired) electrons. The number of hydrogen-bond acceptors (Lipinski definition) is 6. The van der Waals surface area contributed by atoms with E-state index in [0.29, 0.717) is 17.9 Å². The summed E-state index contributed by atoms with van der Waals surface area (Å²) < 4.78 is 15.8. The van der Waals surface area contributed by atoms with Crippen LogP contribution in [0.3, 0.4) is 0 Å². The molecule has 0 aliphatic carbocycles. The maximum Gasteiger partial charge on any atom is 0.524 e. The Bertz CT molecular complexity index is 778. The fourth-order valence-corrected chi connectivity index (χ4v) is 2.72. The van der Waals surface area contributed by atoms with Gasteiger partial charge in [0.1, 0.15) is 5.75 Å². The van der Waals surface area contributed by atoms with Gasteiger partial charge >= 0.3 is 7.82 Å². The topological polar surface area (TPSA) is 107 Å². The summed E-state index contributed by atoms with van der Waals surface area (Å²) in [6.45, 7) is 2.27. The van der Waals surface area contributed by atoms with Gasteiger partial charge in [0.25, 0.3) is 0 Å². The first kappa shape index (κ1) is 14.6. The zero-order valence-corrected chi connectivity index (χ0v) is 12.5. The van der Waals surface area contributed by atoms with Crippen LogP contribution in [0.5, 0.6) is 5.75 Å². The van der Waals surface area contributed by atoms with Crippen LogP contribution in [0.25, 0.3) is 5.70 Å². The van der Waals surface area contributed by atoms with Crippen molar-refractivity contribution in [2.45, 2.75) is 6.92 Å². The van der Waals surface area contributed by atoms with Crippen LogP contribution in [0.2, 0.25) is 0 Å². The van der Waals surface area contributed by atoms with Gasteiger partial charge < -0.3 is 9.42 Å². The summed E-state index contributed by atoms with van der Waals surface area (Å²) >= 11 is 0. The summed E-state index contributed by atoms with van der Waals surface area (Å²) in [5.41, 5.74) is 2.13. The van der Waals surface area contributed by atoms with Gasteiger partial charge in [-0.25, -0.2) is 4.57 Å². The van der Waals surface area contributed by atoms with Gasteiger partial charge in [-0.05, 0) is 13.0 Å². The molecule has 0 atom stereocenters. The first-order chi connectivity index (χ1) is 10.5. The highest BCUT2D eigenvalue weighted by molar-refractivity contribution is 7.46. The molecule has 22 heavy (non-hydrogen) atoms. The third kappa shape index (κ3) is 2.85. The van der Waals surface area contributed by atoms with Gasteiger partial charge in [-0.3, -0.25) is 14.8 Å². The Kier molecular flexibility index (Phi) is 3.66. The molecule has 2 aliphatic heterocycles. The fraction of sp³-hybridized carbons (Fsp3) is 0.154. The van der Waals surface area contributed by atoms with E-state index < -0.39 is 7.82 Å². The number of phosphoric ester groups is 1. The summed E-state index contributed by atoms with van der Waals surface area (Å²) in [5, 5.41) is 7.86. The smallest absolute Gasteiger partial charge is 0.404 e. The van der Waals surface area contributed by atoms with Crippen molar-refractivity contribution in [2.24, 2.45) is 15.2 Å². The summed E-state index contributed by atoms with van der Waals surface area (Å²) in [7, 11) is -4.61. The number of phosphoric acid groups is 1. The van der Waals surface area contributed by atoms with Crippen molar-refractivity contribution >= 4 is 31.8 Å².